The molecule has 0 N–H and O–H groups in total. The Morgan fingerprint density at radius 3 is 1.66 bits per heavy atom. The van der Waals surface area contributed by atoms with Gasteiger partial charge in [0.05, 0.1) is 11.4 Å². The van der Waals surface area contributed by atoms with Crippen LogP contribution in [0.1, 0.15) is 11.4 Å². The molecule has 1 heterocycles. The van der Waals surface area contributed by atoms with Crippen LogP contribution in [0.4, 0.5) is 0 Å². The monoisotopic (exact) mass is 598 g/mol. The summed E-state index contributed by atoms with van der Waals surface area (Å²) in [6.45, 7) is 4.40. The number of fused-ring (bicyclic) bond motifs is 3. The lowest BCUT2D eigenvalue weighted by molar-refractivity contribution is 0.841. The van der Waals surface area contributed by atoms with Gasteiger partial charge >= 0.3 is 0 Å². The minimum atomic E-state index is 1.03. The topological polar surface area (TPSA) is 17.8 Å². The van der Waals surface area contributed by atoms with Crippen molar-refractivity contribution in [2.24, 2.45) is 0 Å². The Balaban J connectivity index is 1.28. The standard InChI is InChI=1S/C45H30N2/c1-27-41(28(2)47(46-27)40-26-33-15-9-13-30-22-23-31-14-10-20-39(40)44(31)42(30)33)45-37-18-7-5-16-35(37)43(36-17-6-8-19-38(36)45)34-24-21-29-11-3-4-12-32(29)25-34/h3-26H,1-2H3. The Hall–Kier alpha value is -5.99. The molecular weight excluding hydrogens is 569 g/mol. The molecule has 0 aliphatic carbocycles. The summed E-state index contributed by atoms with van der Waals surface area (Å²) in [6.07, 6.45) is 0. The lowest BCUT2D eigenvalue weighted by atomic mass is 9.85. The van der Waals surface area contributed by atoms with E-state index in [-0.39, 0.29) is 0 Å². The molecule has 2 nitrogen and oxygen atoms in total. The average Bonchev–Trinajstić information content (AvgIpc) is 3.41. The van der Waals surface area contributed by atoms with Gasteiger partial charge < -0.3 is 0 Å². The third kappa shape index (κ3) is 3.70. The summed E-state index contributed by atoms with van der Waals surface area (Å²) in [5, 5.41) is 20.5. The molecule has 0 amide bonds. The summed E-state index contributed by atoms with van der Waals surface area (Å²) >= 11 is 0. The smallest absolute Gasteiger partial charge is 0.0734 e. The predicted octanol–water partition coefficient (Wildman–Crippen LogP) is 12.2. The molecule has 0 bridgehead atoms. The maximum atomic E-state index is 5.31. The van der Waals surface area contributed by atoms with Gasteiger partial charge in [0, 0.05) is 22.2 Å². The highest BCUT2D eigenvalue weighted by atomic mass is 15.3. The van der Waals surface area contributed by atoms with E-state index < -0.39 is 0 Å². The van der Waals surface area contributed by atoms with Crippen LogP contribution in [0.3, 0.4) is 0 Å². The van der Waals surface area contributed by atoms with E-state index in [4.69, 9.17) is 5.10 Å². The molecule has 0 atom stereocenters. The summed E-state index contributed by atoms with van der Waals surface area (Å²) in [6, 6.07) is 53.4. The third-order valence-corrected chi connectivity index (χ3v) is 10.2. The van der Waals surface area contributed by atoms with E-state index in [0.717, 1.165) is 17.1 Å². The molecule has 220 valence electrons. The van der Waals surface area contributed by atoms with Gasteiger partial charge in [-0.05, 0) is 96.4 Å². The van der Waals surface area contributed by atoms with Gasteiger partial charge in [0.1, 0.15) is 0 Å². The van der Waals surface area contributed by atoms with Gasteiger partial charge in [-0.15, -0.1) is 0 Å². The van der Waals surface area contributed by atoms with Crippen LogP contribution in [0.25, 0.3) is 92.6 Å². The first-order valence-corrected chi connectivity index (χ1v) is 16.3. The minimum absolute atomic E-state index is 1.03. The third-order valence-electron chi connectivity index (χ3n) is 10.2. The molecule has 0 saturated carbocycles. The lowest BCUT2D eigenvalue weighted by Crippen LogP contribution is -2.01. The van der Waals surface area contributed by atoms with E-state index in [1.54, 1.807) is 0 Å². The molecule has 0 spiro atoms. The van der Waals surface area contributed by atoms with Crippen molar-refractivity contribution in [2.45, 2.75) is 13.8 Å². The lowest BCUT2D eigenvalue weighted by Gasteiger charge is -2.18. The zero-order valence-corrected chi connectivity index (χ0v) is 26.3. The minimum Gasteiger partial charge on any atom is -0.237 e. The summed E-state index contributed by atoms with van der Waals surface area (Å²) in [4.78, 5) is 0. The zero-order valence-electron chi connectivity index (χ0n) is 26.3. The zero-order chi connectivity index (χ0) is 31.2. The maximum Gasteiger partial charge on any atom is 0.0734 e. The van der Waals surface area contributed by atoms with Crippen molar-refractivity contribution in [3.05, 3.63) is 157 Å². The number of benzene rings is 9. The second kappa shape index (κ2) is 9.75. The maximum absolute atomic E-state index is 5.31. The van der Waals surface area contributed by atoms with E-state index in [0.29, 0.717) is 0 Å². The Morgan fingerprint density at radius 1 is 0.404 bits per heavy atom. The molecule has 0 radical (unpaired) electrons. The fraction of sp³-hybridized carbons (Fsp3) is 0.0444. The van der Waals surface area contributed by atoms with Crippen molar-refractivity contribution in [2.75, 3.05) is 0 Å². The van der Waals surface area contributed by atoms with E-state index in [2.05, 4.69) is 164 Å². The van der Waals surface area contributed by atoms with Crippen molar-refractivity contribution < 1.29 is 0 Å². The highest BCUT2D eigenvalue weighted by molar-refractivity contribution is 6.25. The van der Waals surface area contributed by atoms with Gasteiger partial charge in [-0.1, -0.05) is 133 Å². The van der Waals surface area contributed by atoms with Crippen molar-refractivity contribution in [1.29, 1.82) is 0 Å². The molecule has 0 saturated heterocycles. The highest BCUT2D eigenvalue weighted by Gasteiger charge is 2.23. The van der Waals surface area contributed by atoms with E-state index >= 15 is 0 Å². The molecule has 10 rings (SSSR count). The van der Waals surface area contributed by atoms with Crippen molar-refractivity contribution >= 4 is 64.6 Å². The SMILES string of the molecule is Cc1nn(-c2cc3cccc4ccc5cccc2c5c43)c(C)c1-c1c2ccccc2c(-c2ccc3ccccc3c2)c2ccccc12. The molecule has 1 aromatic heterocycles. The summed E-state index contributed by atoms with van der Waals surface area (Å²) in [5.41, 5.74) is 8.26. The first-order chi connectivity index (χ1) is 23.2. The van der Waals surface area contributed by atoms with Crippen molar-refractivity contribution in [3.8, 4) is 27.9 Å². The first-order valence-electron chi connectivity index (χ1n) is 16.3. The summed E-state index contributed by atoms with van der Waals surface area (Å²) < 4.78 is 2.19. The summed E-state index contributed by atoms with van der Waals surface area (Å²) in [5.74, 6) is 0. The fourth-order valence-corrected chi connectivity index (χ4v) is 8.21. The molecule has 0 fully saturated rings. The van der Waals surface area contributed by atoms with Crippen molar-refractivity contribution in [1.82, 2.24) is 9.78 Å². The molecule has 10 aromatic rings. The van der Waals surface area contributed by atoms with Crippen molar-refractivity contribution in [3.63, 3.8) is 0 Å². The normalized spacial score (nSPS) is 12.0. The second-order valence-corrected chi connectivity index (χ2v) is 12.8. The van der Waals surface area contributed by atoms with Crippen LogP contribution in [-0.2, 0) is 0 Å². The predicted molar refractivity (Wildman–Crippen MR) is 200 cm³/mol. The number of aryl methyl sites for hydroxylation is 1. The number of hydrogen-bond acceptors (Lipinski definition) is 1. The largest absolute Gasteiger partial charge is 0.237 e. The fourth-order valence-electron chi connectivity index (χ4n) is 8.21. The van der Waals surface area contributed by atoms with Crippen LogP contribution in [0.15, 0.2) is 146 Å². The Bertz CT molecular complexity index is 2810. The van der Waals surface area contributed by atoms with E-state index in [1.807, 2.05) is 0 Å². The highest BCUT2D eigenvalue weighted by Crippen LogP contribution is 2.46. The van der Waals surface area contributed by atoms with Crippen LogP contribution >= 0.6 is 0 Å². The number of nitrogens with zero attached hydrogens (tertiary/aromatic N) is 2. The second-order valence-electron chi connectivity index (χ2n) is 12.8. The van der Waals surface area contributed by atoms with Crippen LogP contribution in [-0.4, -0.2) is 9.78 Å². The number of rotatable bonds is 3. The van der Waals surface area contributed by atoms with Crippen LogP contribution in [0, 0.1) is 13.8 Å². The van der Waals surface area contributed by atoms with E-state index in [1.165, 1.54) is 86.9 Å². The van der Waals surface area contributed by atoms with Gasteiger partial charge in [-0.25, -0.2) is 4.68 Å². The molecule has 2 heteroatoms. The Morgan fingerprint density at radius 2 is 0.936 bits per heavy atom. The molecular formula is C45H30N2. The molecule has 0 aliphatic heterocycles. The molecule has 9 aromatic carbocycles. The first kappa shape index (κ1) is 26.2. The van der Waals surface area contributed by atoms with Gasteiger partial charge in [-0.2, -0.15) is 5.10 Å². The van der Waals surface area contributed by atoms with Gasteiger partial charge in [-0.3, -0.25) is 0 Å². The Labute approximate surface area is 272 Å². The van der Waals surface area contributed by atoms with Crippen LogP contribution in [0.5, 0.6) is 0 Å². The van der Waals surface area contributed by atoms with Crippen LogP contribution < -0.4 is 0 Å². The van der Waals surface area contributed by atoms with E-state index in [9.17, 15) is 0 Å². The summed E-state index contributed by atoms with van der Waals surface area (Å²) in [7, 11) is 0. The quantitative estimate of drug-likeness (QED) is 0.146. The Kier molecular flexibility index (Phi) is 5.45. The molecule has 0 unspecified atom stereocenters. The average molecular weight is 599 g/mol. The number of hydrogen-bond donors (Lipinski definition) is 0. The van der Waals surface area contributed by atoms with Gasteiger partial charge in [0.15, 0.2) is 0 Å². The molecule has 47 heavy (non-hydrogen) atoms. The van der Waals surface area contributed by atoms with Crippen LogP contribution in [0.2, 0.25) is 0 Å². The van der Waals surface area contributed by atoms with Gasteiger partial charge in [0.2, 0.25) is 0 Å². The number of aromatic nitrogens is 2. The molecule has 0 aliphatic rings. The van der Waals surface area contributed by atoms with Gasteiger partial charge in [0.25, 0.3) is 0 Å².